The molecule has 0 saturated carbocycles. The van der Waals surface area contributed by atoms with Gasteiger partial charge in [0, 0.05) is 32.7 Å². The Morgan fingerprint density at radius 2 is 1.88 bits per heavy atom. The third-order valence-corrected chi connectivity index (χ3v) is 3.39. The van der Waals surface area contributed by atoms with Crippen LogP contribution in [0, 0.1) is 6.92 Å². The third-order valence-electron chi connectivity index (χ3n) is 3.39. The molecule has 3 heteroatoms. The second kappa shape index (κ2) is 6.15. The van der Waals surface area contributed by atoms with Crippen molar-refractivity contribution >= 4 is 0 Å². The Bertz CT molecular complexity index is 331. The maximum absolute atomic E-state index is 10.1. The average Bonchev–Trinajstić information content (AvgIpc) is 2.38. The highest BCUT2D eigenvalue weighted by Gasteiger charge is 2.12. The van der Waals surface area contributed by atoms with Crippen LogP contribution in [-0.4, -0.2) is 42.7 Å². The zero-order valence-electron chi connectivity index (χ0n) is 10.5. The first kappa shape index (κ1) is 12.6. The fraction of sp³-hybridized carbons (Fsp3) is 0.571. The highest BCUT2D eigenvalue weighted by Crippen LogP contribution is 2.17. The summed E-state index contributed by atoms with van der Waals surface area (Å²) in [5.74, 6) is 0. The monoisotopic (exact) mass is 234 g/mol. The predicted molar refractivity (Wildman–Crippen MR) is 70.1 cm³/mol. The van der Waals surface area contributed by atoms with Crippen molar-refractivity contribution < 1.29 is 5.11 Å². The maximum atomic E-state index is 10.1. The summed E-state index contributed by atoms with van der Waals surface area (Å²) < 4.78 is 0. The van der Waals surface area contributed by atoms with E-state index in [0.29, 0.717) is 0 Å². The van der Waals surface area contributed by atoms with Gasteiger partial charge in [-0.25, -0.2) is 0 Å². The largest absolute Gasteiger partial charge is 0.388 e. The molecule has 1 aromatic rings. The van der Waals surface area contributed by atoms with E-state index >= 15 is 0 Å². The second-order valence-electron chi connectivity index (χ2n) is 4.81. The lowest BCUT2D eigenvalue weighted by Gasteiger charge is -2.28. The average molecular weight is 234 g/mol. The molecule has 1 unspecified atom stereocenters. The molecule has 2 N–H and O–H groups in total. The third kappa shape index (κ3) is 3.80. The molecule has 17 heavy (non-hydrogen) atoms. The van der Waals surface area contributed by atoms with Gasteiger partial charge >= 0.3 is 0 Å². The van der Waals surface area contributed by atoms with Gasteiger partial charge in [0.2, 0.25) is 0 Å². The molecule has 1 saturated heterocycles. The van der Waals surface area contributed by atoms with Crippen LogP contribution in [0.5, 0.6) is 0 Å². The van der Waals surface area contributed by atoms with Crippen molar-refractivity contribution in [3.63, 3.8) is 0 Å². The van der Waals surface area contributed by atoms with E-state index in [1.807, 2.05) is 12.1 Å². The van der Waals surface area contributed by atoms with E-state index < -0.39 is 0 Å². The first-order valence-electron chi connectivity index (χ1n) is 6.43. The summed E-state index contributed by atoms with van der Waals surface area (Å²) in [7, 11) is 0. The number of nitrogens with one attached hydrogen (secondary N) is 1. The molecular weight excluding hydrogens is 212 g/mol. The molecule has 0 amide bonds. The molecule has 94 valence electrons. The van der Waals surface area contributed by atoms with Crippen LogP contribution in [0.25, 0.3) is 0 Å². The predicted octanol–water partition coefficient (Wildman–Crippen LogP) is 1.32. The Balaban J connectivity index is 1.80. The van der Waals surface area contributed by atoms with E-state index in [4.69, 9.17) is 0 Å². The van der Waals surface area contributed by atoms with Crippen molar-refractivity contribution in [3.05, 3.63) is 35.4 Å². The second-order valence-corrected chi connectivity index (χ2v) is 4.81. The number of aliphatic hydroxyl groups is 1. The number of aliphatic hydroxyl groups excluding tert-OH is 1. The fourth-order valence-electron chi connectivity index (χ4n) is 2.19. The molecular formula is C14H22N2O. The number of benzene rings is 1. The minimum Gasteiger partial charge on any atom is -0.388 e. The lowest BCUT2D eigenvalue weighted by Crippen LogP contribution is -2.44. The molecule has 2 rings (SSSR count). The van der Waals surface area contributed by atoms with Gasteiger partial charge in [0.1, 0.15) is 0 Å². The molecule has 1 atom stereocenters. The van der Waals surface area contributed by atoms with Gasteiger partial charge < -0.3 is 15.3 Å². The molecule has 1 aromatic carbocycles. The standard InChI is InChI=1S/C14H22N2O/c1-12-2-4-13(5-3-12)14(17)6-9-16-10-7-15-8-11-16/h2-5,14-15,17H,6-11H2,1H3. The van der Waals surface area contributed by atoms with Gasteiger partial charge in [0.05, 0.1) is 6.10 Å². The molecule has 1 fully saturated rings. The smallest absolute Gasteiger partial charge is 0.0802 e. The summed E-state index contributed by atoms with van der Waals surface area (Å²) in [4.78, 5) is 2.41. The van der Waals surface area contributed by atoms with Gasteiger partial charge in [-0.1, -0.05) is 29.8 Å². The summed E-state index contributed by atoms with van der Waals surface area (Å²) in [6.07, 6.45) is 0.494. The van der Waals surface area contributed by atoms with E-state index in [0.717, 1.165) is 44.7 Å². The van der Waals surface area contributed by atoms with Crippen molar-refractivity contribution in [1.29, 1.82) is 0 Å². The Kier molecular flexibility index (Phi) is 4.54. The van der Waals surface area contributed by atoms with E-state index in [-0.39, 0.29) is 6.10 Å². The van der Waals surface area contributed by atoms with Crippen LogP contribution in [0.4, 0.5) is 0 Å². The highest BCUT2D eigenvalue weighted by atomic mass is 16.3. The van der Waals surface area contributed by atoms with Crippen LogP contribution in [-0.2, 0) is 0 Å². The molecule has 0 bridgehead atoms. The molecule has 0 radical (unpaired) electrons. The molecule has 1 aliphatic heterocycles. The Hall–Kier alpha value is -0.900. The van der Waals surface area contributed by atoms with Crippen LogP contribution < -0.4 is 5.32 Å². The minimum absolute atomic E-state index is 0.328. The molecule has 1 heterocycles. The summed E-state index contributed by atoms with van der Waals surface area (Å²) >= 11 is 0. The molecule has 0 aromatic heterocycles. The lowest BCUT2D eigenvalue weighted by molar-refractivity contribution is 0.136. The zero-order valence-corrected chi connectivity index (χ0v) is 10.5. The van der Waals surface area contributed by atoms with Crippen LogP contribution in [0.2, 0.25) is 0 Å². The van der Waals surface area contributed by atoms with Crippen molar-refractivity contribution in [2.45, 2.75) is 19.4 Å². The van der Waals surface area contributed by atoms with Crippen molar-refractivity contribution in [3.8, 4) is 0 Å². The summed E-state index contributed by atoms with van der Waals surface area (Å²) in [6, 6.07) is 8.17. The molecule has 0 spiro atoms. The van der Waals surface area contributed by atoms with Crippen molar-refractivity contribution in [2.24, 2.45) is 0 Å². The van der Waals surface area contributed by atoms with Gasteiger partial charge in [-0.15, -0.1) is 0 Å². The zero-order chi connectivity index (χ0) is 12.1. The first-order chi connectivity index (χ1) is 8.25. The van der Waals surface area contributed by atoms with Crippen LogP contribution >= 0.6 is 0 Å². The Morgan fingerprint density at radius 1 is 1.24 bits per heavy atom. The van der Waals surface area contributed by atoms with Gasteiger partial charge in [-0.3, -0.25) is 0 Å². The highest BCUT2D eigenvalue weighted by molar-refractivity contribution is 5.22. The van der Waals surface area contributed by atoms with E-state index in [1.165, 1.54) is 5.56 Å². The van der Waals surface area contributed by atoms with Crippen molar-refractivity contribution in [2.75, 3.05) is 32.7 Å². The van der Waals surface area contributed by atoms with Crippen LogP contribution in [0.3, 0.4) is 0 Å². The van der Waals surface area contributed by atoms with E-state index in [1.54, 1.807) is 0 Å². The van der Waals surface area contributed by atoms with Gasteiger partial charge in [-0.2, -0.15) is 0 Å². The fourth-order valence-corrected chi connectivity index (χ4v) is 2.19. The number of aryl methyl sites for hydroxylation is 1. The maximum Gasteiger partial charge on any atom is 0.0802 e. The summed E-state index contributed by atoms with van der Waals surface area (Å²) in [5.41, 5.74) is 2.27. The van der Waals surface area contributed by atoms with Gasteiger partial charge in [0.15, 0.2) is 0 Å². The number of piperazine rings is 1. The number of rotatable bonds is 4. The minimum atomic E-state index is -0.328. The lowest BCUT2D eigenvalue weighted by atomic mass is 10.0. The summed E-state index contributed by atoms with van der Waals surface area (Å²) in [5, 5.41) is 13.4. The molecule has 3 nitrogen and oxygen atoms in total. The molecule has 1 aliphatic rings. The van der Waals surface area contributed by atoms with Gasteiger partial charge in [-0.05, 0) is 18.9 Å². The van der Waals surface area contributed by atoms with E-state index in [2.05, 4.69) is 29.3 Å². The first-order valence-corrected chi connectivity index (χ1v) is 6.43. The van der Waals surface area contributed by atoms with Crippen LogP contribution in [0.15, 0.2) is 24.3 Å². The number of nitrogens with zero attached hydrogens (tertiary/aromatic N) is 1. The Morgan fingerprint density at radius 3 is 2.53 bits per heavy atom. The van der Waals surface area contributed by atoms with Crippen LogP contribution in [0.1, 0.15) is 23.7 Å². The quantitative estimate of drug-likeness (QED) is 0.825. The SMILES string of the molecule is Cc1ccc(C(O)CCN2CCNCC2)cc1. The molecule has 0 aliphatic carbocycles. The van der Waals surface area contributed by atoms with Gasteiger partial charge in [0.25, 0.3) is 0 Å². The summed E-state index contributed by atoms with van der Waals surface area (Å²) in [6.45, 7) is 7.39. The Labute approximate surface area is 103 Å². The van der Waals surface area contributed by atoms with E-state index in [9.17, 15) is 5.11 Å². The number of hydrogen-bond donors (Lipinski definition) is 2. The van der Waals surface area contributed by atoms with Crippen molar-refractivity contribution in [1.82, 2.24) is 10.2 Å². The number of hydrogen-bond acceptors (Lipinski definition) is 3. The normalized spacial score (nSPS) is 19.2. The topological polar surface area (TPSA) is 35.5 Å².